The van der Waals surface area contributed by atoms with Gasteiger partial charge in [0.05, 0.1) is 7.11 Å². The van der Waals surface area contributed by atoms with Crippen LogP contribution in [0.1, 0.15) is 83.4 Å². The first-order valence-electron chi connectivity index (χ1n) is 14.5. The lowest BCUT2D eigenvalue weighted by atomic mass is 9.97. The summed E-state index contributed by atoms with van der Waals surface area (Å²) in [6.45, 7) is 7.66. The number of anilines is 1. The van der Waals surface area contributed by atoms with Crippen LogP contribution in [0.3, 0.4) is 0 Å². The van der Waals surface area contributed by atoms with E-state index < -0.39 is 35.6 Å². The Balaban J connectivity index is 2.50. The van der Waals surface area contributed by atoms with Crippen LogP contribution in [-0.2, 0) is 14.3 Å². The number of hydrogen-bond donors (Lipinski definition) is 3. The molecular weight excluding hydrogens is 550 g/mol. The number of hydrogen-bond acceptors (Lipinski definition) is 6. The highest BCUT2D eigenvalue weighted by molar-refractivity contribution is 7.80. The van der Waals surface area contributed by atoms with Crippen molar-refractivity contribution in [2.75, 3.05) is 24.7 Å². The zero-order valence-corrected chi connectivity index (χ0v) is 26.3. The van der Waals surface area contributed by atoms with Crippen LogP contribution in [0.15, 0.2) is 48.5 Å². The van der Waals surface area contributed by atoms with Gasteiger partial charge in [-0.2, -0.15) is 12.6 Å². The fourth-order valence-corrected chi connectivity index (χ4v) is 4.71. The summed E-state index contributed by atoms with van der Waals surface area (Å²) in [5.74, 6) is 2.42. The summed E-state index contributed by atoms with van der Waals surface area (Å²) >= 11 is 4.37. The molecule has 9 heteroatoms. The maximum atomic E-state index is 14.2. The van der Waals surface area contributed by atoms with Crippen LogP contribution in [0.5, 0.6) is 5.75 Å². The van der Waals surface area contributed by atoms with E-state index in [0.29, 0.717) is 29.0 Å². The molecule has 0 saturated heterocycles. The molecule has 0 spiro atoms. The van der Waals surface area contributed by atoms with Gasteiger partial charge in [0.1, 0.15) is 23.4 Å². The molecule has 2 unspecified atom stereocenters. The van der Waals surface area contributed by atoms with E-state index in [2.05, 4.69) is 36.1 Å². The quantitative estimate of drug-likeness (QED) is 0.126. The smallest absolute Gasteiger partial charge is 0.408 e. The van der Waals surface area contributed by atoms with Crippen molar-refractivity contribution in [2.45, 2.75) is 83.9 Å². The molecule has 8 nitrogen and oxygen atoms in total. The predicted molar refractivity (Wildman–Crippen MR) is 171 cm³/mol. The lowest BCUT2D eigenvalue weighted by Gasteiger charge is -2.34. The fraction of sp³-hybridized carbons (Fsp3) is 0.485. The van der Waals surface area contributed by atoms with Crippen LogP contribution in [0.4, 0.5) is 10.5 Å². The van der Waals surface area contributed by atoms with E-state index in [4.69, 9.17) is 15.9 Å². The third kappa shape index (κ3) is 11.0. The zero-order chi connectivity index (χ0) is 31.1. The highest BCUT2D eigenvalue weighted by Gasteiger charge is 2.36. The number of carbonyl (C=O) groups excluding carboxylic acids is 3. The number of benzene rings is 2. The molecule has 2 aromatic carbocycles. The van der Waals surface area contributed by atoms with Gasteiger partial charge >= 0.3 is 6.09 Å². The molecule has 0 bridgehead atoms. The molecule has 0 aliphatic rings. The molecule has 2 N–H and O–H groups in total. The molecule has 0 aliphatic carbocycles. The van der Waals surface area contributed by atoms with E-state index in [-0.39, 0.29) is 12.3 Å². The van der Waals surface area contributed by atoms with Gasteiger partial charge in [0, 0.05) is 23.5 Å². The van der Waals surface area contributed by atoms with Gasteiger partial charge in [-0.1, -0.05) is 63.1 Å². The van der Waals surface area contributed by atoms with Gasteiger partial charge in [-0.3, -0.25) is 9.59 Å². The first-order chi connectivity index (χ1) is 20.0. The van der Waals surface area contributed by atoms with E-state index in [1.807, 2.05) is 0 Å². The van der Waals surface area contributed by atoms with Gasteiger partial charge in [-0.05, 0) is 63.1 Å². The highest BCUT2D eigenvalue weighted by Crippen LogP contribution is 2.28. The largest absolute Gasteiger partial charge is 0.497 e. The molecule has 2 aromatic rings. The summed E-state index contributed by atoms with van der Waals surface area (Å²) in [5.41, 5.74) is 0.795. The normalized spacial score (nSPS) is 12.4. The van der Waals surface area contributed by atoms with Gasteiger partial charge < -0.3 is 25.0 Å². The molecular formula is C33H45N3O5S. The first kappa shape index (κ1) is 34.6. The van der Waals surface area contributed by atoms with Crippen molar-refractivity contribution in [1.29, 1.82) is 0 Å². The number of amides is 3. The number of nitrogens with zero attached hydrogens (tertiary/aromatic N) is 1. The Kier molecular flexibility index (Phi) is 14.3. The Morgan fingerprint density at radius 1 is 1.00 bits per heavy atom. The highest BCUT2D eigenvalue weighted by atomic mass is 32.1. The van der Waals surface area contributed by atoms with Gasteiger partial charge in [0.15, 0.2) is 0 Å². The summed E-state index contributed by atoms with van der Waals surface area (Å²) in [6.07, 6.45) is 11.1. The monoisotopic (exact) mass is 595 g/mol. The minimum Gasteiger partial charge on any atom is -0.497 e. The maximum absolute atomic E-state index is 14.2. The van der Waals surface area contributed by atoms with E-state index >= 15 is 0 Å². The fourth-order valence-electron chi connectivity index (χ4n) is 4.47. The number of ether oxygens (including phenoxy) is 2. The number of unbranched alkanes of at least 4 members (excludes halogenated alkanes) is 5. The number of methoxy groups -OCH3 is 1. The van der Waals surface area contributed by atoms with E-state index in [1.54, 1.807) is 76.4 Å². The molecule has 0 aromatic heterocycles. The van der Waals surface area contributed by atoms with Crippen LogP contribution in [0.25, 0.3) is 0 Å². The zero-order valence-electron chi connectivity index (χ0n) is 25.4. The Bertz CT molecular complexity index is 1200. The van der Waals surface area contributed by atoms with Gasteiger partial charge in [0.2, 0.25) is 5.91 Å². The molecule has 0 aliphatic heterocycles. The van der Waals surface area contributed by atoms with Crippen molar-refractivity contribution in [3.05, 3.63) is 59.7 Å². The number of thiol groups is 1. The van der Waals surface area contributed by atoms with Crippen molar-refractivity contribution >= 4 is 36.2 Å². The number of rotatable bonds is 15. The van der Waals surface area contributed by atoms with Gasteiger partial charge in [-0.15, -0.1) is 6.42 Å². The van der Waals surface area contributed by atoms with E-state index in [9.17, 15) is 14.4 Å². The first-order valence-corrected chi connectivity index (χ1v) is 15.1. The molecule has 0 radical (unpaired) electrons. The van der Waals surface area contributed by atoms with Gasteiger partial charge in [0.25, 0.3) is 5.91 Å². The average molecular weight is 596 g/mol. The predicted octanol–water partition coefficient (Wildman–Crippen LogP) is 6.37. The molecule has 0 heterocycles. The number of carbonyl (C=O) groups is 3. The molecule has 2 rings (SSSR count). The molecule has 0 saturated carbocycles. The number of alkyl carbamates (subject to hydrolysis) is 1. The maximum Gasteiger partial charge on any atom is 0.408 e. The molecule has 228 valence electrons. The molecule has 3 amide bonds. The van der Waals surface area contributed by atoms with Gasteiger partial charge in [-0.25, -0.2) is 4.79 Å². The SMILES string of the molecule is C#Cc1ccccc1C(C(=O)Nc1ccc(OC)cc1)N(CCCCCCCC)C(=O)C(CS)NC(=O)OC(C)(C)C. The lowest BCUT2D eigenvalue weighted by Crippen LogP contribution is -2.53. The number of terminal acetylenes is 1. The van der Waals surface area contributed by atoms with E-state index in [1.165, 1.54) is 4.90 Å². The molecule has 42 heavy (non-hydrogen) atoms. The molecule has 2 atom stereocenters. The van der Waals surface area contributed by atoms with Crippen LogP contribution in [0.2, 0.25) is 0 Å². The minimum absolute atomic E-state index is 0.00861. The topological polar surface area (TPSA) is 97.0 Å². The van der Waals surface area contributed by atoms with Crippen molar-refractivity contribution < 1.29 is 23.9 Å². The Morgan fingerprint density at radius 3 is 2.24 bits per heavy atom. The number of nitrogens with one attached hydrogen (secondary N) is 2. The second-order valence-corrected chi connectivity index (χ2v) is 11.4. The van der Waals surface area contributed by atoms with Crippen LogP contribution >= 0.6 is 12.6 Å². The minimum atomic E-state index is -1.06. The Hall–Kier alpha value is -3.64. The third-order valence-corrected chi connectivity index (χ3v) is 6.90. The van der Waals surface area contributed by atoms with Crippen LogP contribution < -0.4 is 15.4 Å². The summed E-state index contributed by atoms with van der Waals surface area (Å²) in [4.78, 5) is 42.3. The van der Waals surface area contributed by atoms with Crippen LogP contribution in [-0.4, -0.2) is 53.9 Å². The van der Waals surface area contributed by atoms with Crippen molar-refractivity contribution in [2.24, 2.45) is 0 Å². The van der Waals surface area contributed by atoms with Crippen molar-refractivity contribution in [1.82, 2.24) is 10.2 Å². The Morgan fingerprint density at radius 2 is 1.64 bits per heavy atom. The second-order valence-electron chi connectivity index (χ2n) is 11.0. The average Bonchev–Trinajstić information content (AvgIpc) is 2.96. The summed E-state index contributed by atoms with van der Waals surface area (Å²) in [7, 11) is 1.56. The second kappa shape index (κ2) is 17.3. The van der Waals surface area contributed by atoms with E-state index in [0.717, 1.165) is 32.1 Å². The summed E-state index contributed by atoms with van der Waals surface area (Å²) in [5, 5.41) is 5.58. The lowest BCUT2D eigenvalue weighted by molar-refractivity contribution is -0.140. The third-order valence-electron chi connectivity index (χ3n) is 6.54. The van der Waals surface area contributed by atoms with Crippen molar-refractivity contribution in [3.8, 4) is 18.1 Å². The Labute approximate surface area is 256 Å². The summed E-state index contributed by atoms with van der Waals surface area (Å²) < 4.78 is 10.6. The molecule has 0 fully saturated rings. The standard InChI is InChI=1S/C33H45N3O5S/c1-7-9-10-11-12-15-22-36(31(38)28(23-42)35-32(39)41-33(3,4)5)29(27-17-14-13-16-24(27)8-2)30(37)34-25-18-20-26(40-6)21-19-25/h2,13-14,16-21,28-29,42H,7,9-12,15,22-23H2,1,3-6H3,(H,34,37)(H,35,39). The van der Waals surface area contributed by atoms with Crippen LogP contribution in [0, 0.1) is 12.3 Å². The van der Waals surface area contributed by atoms with Crippen molar-refractivity contribution in [3.63, 3.8) is 0 Å². The summed E-state index contributed by atoms with van der Waals surface area (Å²) in [6, 6.07) is 11.9.